The molecule has 0 aliphatic carbocycles. The number of carbonyl (C=O) groups is 1. The maximum Gasteiger partial charge on any atom is 0.312 e. The molecular weight excluding hydrogens is 294 g/mol. The van der Waals surface area contributed by atoms with E-state index in [0.717, 1.165) is 0 Å². The summed E-state index contributed by atoms with van der Waals surface area (Å²) < 4.78 is 32.1. The number of hydrogen-bond acceptors (Lipinski definition) is 4. The molecule has 0 spiro atoms. The molecule has 0 radical (unpaired) electrons. The Bertz CT molecular complexity index is 651. The maximum absolute atomic E-state index is 12.8. The lowest BCUT2D eigenvalue weighted by Gasteiger charge is -2.28. The summed E-state index contributed by atoms with van der Waals surface area (Å²) in [5.41, 5.74) is 1.07. The van der Waals surface area contributed by atoms with Crippen LogP contribution in [-0.2, 0) is 19.6 Å². The summed E-state index contributed by atoms with van der Waals surface area (Å²) in [5, 5.41) is 8.82. The van der Waals surface area contributed by atoms with Crippen LogP contribution in [-0.4, -0.2) is 44.5 Å². The molecule has 1 N–H and O–H groups in total. The number of benzene rings is 1. The molecular formula is C14H17NO5S. The predicted molar refractivity (Wildman–Crippen MR) is 76.9 cm³/mol. The molecule has 1 fully saturated rings. The monoisotopic (exact) mass is 311 g/mol. The normalized spacial score (nSPS) is 23.0. The summed E-state index contributed by atoms with van der Waals surface area (Å²) in [6.07, 6.45) is 0.914. The lowest BCUT2D eigenvalue weighted by Crippen LogP contribution is -2.41. The van der Waals surface area contributed by atoms with Crippen molar-refractivity contribution in [3.63, 3.8) is 0 Å². The Balaban J connectivity index is 1.98. The van der Waals surface area contributed by atoms with E-state index in [0.29, 0.717) is 37.3 Å². The fourth-order valence-electron chi connectivity index (χ4n) is 2.98. The SMILES string of the molecule is O=C(O)C1CN(S(=O)(=O)C2CCOCC2)c2ccccc21. The summed E-state index contributed by atoms with van der Waals surface area (Å²) in [6.45, 7) is 0.845. The van der Waals surface area contributed by atoms with Gasteiger partial charge in [0, 0.05) is 13.2 Å². The van der Waals surface area contributed by atoms with Crippen LogP contribution in [0.5, 0.6) is 0 Å². The second-order valence-electron chi connectivity index (χ2n) is 5.34. The summed E-state index contributed by atoms with van der Waals surface area (Å²) in [4.78, 5) is 11.4. The fourth-order valence-corrected chi connectivity index (χ4v) is 4.92. The number of para-hydroxylation sites is 1. The maximum atomic E-state index is 12.8. The quantitative estimate of drug-likeness (QED) is 0.906. The van der Waals surface area contributed by atoms with E-state index in [1.807, 2.05) is 0 Å². The average molecular weight is 311 g/mol. The van der Waals surface area contributed by atoms with E-state index in [-0.39, 0.29) is 6.54 Å². The van der Waals surface area contributed by atoms with Gasteiger partial charge in [0.25, 0.3) is 0 Å². The zero-order chi connectivity index (χ0) is 15.0. The number of anilines is 1. The Kier molecular flexibility index (Phi) is 3.62. The zero-order valence-electron chi connectivity index (χ0n) is 11.4. The molecule has 0 bridgehead atoms. The van der Waals surface area contributed by atoms with E-state index in [4.69, 9.17) is 4.74 Å². The van der Waals surface area contributed by atoms with Gasteiger partial charge in [-0.15, -0.1) is 0 Å². The molecule has 21 heavy (non-hydrogen) atoms. The molecule has 0 amide bonds. The molecule has 1 aromatic rings. The van der Waals surface area contributed by atoms with Gasteiger partial charge in [-0.05, 0) is 24.5 Å². The number of sulfonamides is 1. The zero-order valence-corrected chi connectivity index (χ0v) is 12.3. The molecule has 6 nitrogen and oxygen atoms in total. The van der Waals surface area contributed by atoms with Crippen molar-refractivity contribution in [2.45, 2.75) is 24.0 Å². The molecule has 1 atom stereocenters. The Morgan fingerprint density at radius 1 is 1.24 bits per heavy atom. The number of ether oxygens (including phenoxy) is 1. The van der Waals surface area contributed by atoms with Crippen LogP contribution in [0.15, 0.2) is 24.3 Å². The highest BCUT2D eigenvalue weighted by atomic mass is 32.2. The first-order valence-corrected chi connectivity index (χ1v) is 8.43. The van der Waals surface area contributed by atoms with Crippen molar-refractivity contribution < 1.29 is 23.1 Å². The van der Waals surface area contributed by atoms with E-state index < -0.39 is 27.2 Å². The molecule has 1 unspecified atom stereocenters. The largest absolute Gasteiger partial charge is 0.481 e. The molecule has 1 aromatic carbocycles. The molecule has 1 saturated heterocycles. The third-order valence-corrected chi connectivity index (χ3v) is 6.40. The Labute approximate surface area is 123 Å². The van der Waals surface area contributed by atoms with Crippen molar-refractivity contribution in [1.82, 2.24) is 0 Å². The van der Waals surface area contributed by atoms with E-state index in [9.17, 15) is 18.3 Å². The standard InChI is InChI=1S/C14H17NO5S/c16-14(17)12-9-15(13-4-2-1-3-11(12)13)21(18,19)10-5-7-20-8-6-10/h1-4,10,12H,5-9H2,(H,16,17). The van der Waals surface area contributed by atoms with Gasteiger partial charge in [-0.2, -0.15) is 0 Å². The fraction of sp³-hybridized carbons (Fsp3) is 0.500. The van der Waals surface area contributed by atoms with Gasteiger partial charge in [0.2, 0.25) is 10.0 Å². The highest BCUT2D eigenvalue weighted by Crippen LogP contribution is 2.39. The summed E-state index contributed by atoms with van der Waals surface area (Å²) in [7, 11) is -3.55. The van der Waals surface area contributed by atoms with Crippen LogP contribution >= 0.6 is 0 Å². The van der Waals surface area contributed by atoms with Gasteiger partial charge >= 0.3 is 5.97 Å². The molecule has 2 aliphatic heterocycles. The molecule has 0 saturated carbocycles. The smallest absolute Gasteiger partial charge is 0.312 e. The van der Waals surface area contributed by atoms with Crippen molar-refractivity contribution in [1.29, 1.82) is 0 Å². The Morgan fingerprint density at radius 2 is 1.90 bits per heavy atom. The third-order valence-electron chi connectivity index (χ3n) is 4.12. The van der Waals surface area contributed by atoms with Crippen molar-refractivity contribution in [2.24, 2.45) is 0 Å². The number of carboxylic acid groups (broad SMARTS) is 1. The van der Waals surface area contributed by atoms with Gasteiger partial charge in [-0.25, -0.2) is 8.42 Å². The van der Waals surface area contributed by atoms with Gasteiger partial charge in [0.05, 0.1) is 17.5 Å². The van der Waals surface area contributed by atoms with Crippen LogP contribution in [0.1, 0.15) is 24.3 Å². The average Bonchev–Trinajstić information content (AvgIpc) is 2.88. The van der Waals surface area contributed by atoms with Crippen molar-refractivity contribution in [2.75, 3.05) is 24.1 Å². The van der Waals surface area contributed by atoms with Crippen LogP contribution in [0.25, 0.3) is 0 Å². The minimum Gasteiger partial charge on any atom is -0.481 e. The number of hydrogen-bond donors (Lipinski definition) is 1. The van der Waals surface area contributed by atoms with Crippen molar-refractivity contribution >= 4 is 21.7 Å². The lowest BCUT2D eigenvalue weighted by atomic mass is 10.0. The van der Waals surface area contributed by atoms with Gasteiger partial charge in [0.1, 0.15) is 5.92 Å². The molecule has 0 aromatic heterocycles. The number of rotatable bonds is 3. The van der Waals surface area contributed by atoms with Crippen LogP contribution in [0.2, 0.25) is 0 Å². The van der Waals surface area contributed by atoms with E-state index in [1.54, 1.807) is 24.3 Å². The van der Waals surface area contributed by atoms with E-state index in [2.05, 4.69) is 0 Å². The highest BCUT2D eigenvalue weighted by molar-refractivity contribution is 7.93. The topological polar surface area (TPSA) is 83.9 Å². The molecule has 3 rings (SSSR count). The first-order chi connectivity index (χ1) is 10.0. The molecule has 2 heterocycles. The van der Waals surface area contributed by atoms with E-state index in [1.165, 1.54) is 4.31 Å². The summed E-state index contributed by atoms with van der Waals surface area (Å²) >= 11 is 0. The first kappa shape index (κ1) is 14.3. The second-order valence-corrected chi connectivity index (χ2v) is 7.47. The number of fused-ring (bicyclic) bond motifs is 1. The Morgan fingerprint density at radius 3 is 2.57 bits per heavy atom. The highest BCUT2D eigenvalue weighted by Gasteiger charge is 2.42. The van der Waals surface area contributed by atoms with Crippen LogP contribution in [0, 0.1) is 0 Å². The minimum atomic E-state index is -3.55. The lowest BCUT2D eigenvalue weighted by molar-refractivity contribution is -0.138. The third kappa shape index (κ3) is 2.40. The molecule has 2 aliphatic rings. The number of nitrogens with zero attached hydrogens (tertiary/aromatic N) is 1. The van der Waals surface area contributed by atoms with Gasteiger partial charge in [-0.1, -0.05) is 18.2 Å². The predicted octanol–water partition coefficient (Wildman–Crippen LogP) is 1.18. The molecule has 7 heteroatoms. The van der Waals surface area contributed by atoms with Crippen LogP contribution in [0.3, 0.4) is 0 Å². The number of carboxylic acids is 1. The van der Waals surface area contributed by atoms with Crippen LogP contribution < -0.4 is 4.31 Å². The van der Waals surface area contributed by atoms with Gasteiger partial charge < -0.3 is 9.84 Å². The van der Waals surface area contributed by atoms with Gasteiger partial charge in [0.15, 0.2) is 0 Å². The minimum absolute atomic E-state index is 0.0195. The van der Waals surface area contributed by atoms with Crippen molar-refractivity contribution in [3.05, 3.63) is 29.8 Å². The van der Waals surface area contributed by atoms with Crippen molar-refractivity contribution in [3.8, 4) is 0 Å². The second kappa shape index (κ2) is 5.31. The Hall–Kier alpha value is -1.60. The van der Waals surface area contributed by atoms with Crippen LogP contribution in [0.4, 0.5) is 5.69 Å². The van der Waals surface area contributed by atoms with Gasteiger partial charge in [-0.3, -0.25) is 9.10 Å². The molecule has 114 valence electrons. The van der Waals surface area contributed by atoms with E-state index >= 15 is 0 Å². The first-order valence-electron chi connectivity index (χ1n) is 6.93. The number of aliphatic carboxylic acids is 1. The summed E-state index contributed by atoms with van der Waals surface area (Å²) in [5.74, 6) is -1.79. The summed E-state index contributed by atoms with van der Waals surface area (Å²) in [6, 6.07) is 6.83.